The molecule has 10 heteroatoms. The lowest BCUT2D eigenvalue weighted by atomic mass is 10.1. The summed E-state index contributed by atoms with van der Waals surface area (Å²) < 4.78 is 37.6. The smallest absolute Gasteiger partial charge is 0.398 e. The molecule has 0 aromatic heterocycles. The molecule has 0 saturated heterocycles. The highest BCUT2D eigenvalue weighted by Gasteiger charge is 2.39. The van der Waals surface area contributed by atoms with Crippen LogP contribution < -0.4 is 0 Å². The highest BCUT2D eigenvalue weighted by molar-refractivity contribution is 7.81. The van der Waals surface area contributed by atoms with E-state index in [1.54, 1.807) is 0 Å². The zero-order chi connectivity index (χ0) is 12.1. The number of nitrogens with zero attached hydrogens (tertiary/aromatic N) is 3. The van der Waals surface area contributed by atoms with E-state index < -0.39 is 28.5 Å². The molecule has 1 atom stereocenters. The van der Waals surface area contributed by atoms with E-state index in [2.05, 4.69) is 18.9 Å². The van der Waals surface area contributed by atoms with Crippen LogP contribution in [0, 0.1) is 0 Å². The molecule has 0 radical (unpaired) electrons. The Morgan fingerprint density at radius 1 is 1.67 bits per heavy atom. The molecule has 0 aromatic carbocycles. The second kappa shape index (κ2) is 4.94. The van der Waals surface area contributed by atoms with Crippen LogP contribution in [0.2, 0.25) is 0 Å². The van der Waals surface area contributed by atoms with Crippen molar-refractivity contribution in [2.75, 3.05) is 13.7 Å². The predicted octanol–water partition coefficient (Wildman–Crippen LogP) is 0.0478. The first kappa shape index (κ1) is 13.7. The summed E-state index contributed by atoms with van der Waals surface area (Å²) in [6.45, 7) is 0.372. The molecule has 0 amide bonds. The summed E-state index contributed by atoms with van der Waals surface area (Å²) in [4.78, 5) is 13.4. The van der Waals surface area contributed by atoms with Crippen molar-refractivity contribution in [3.8, 4) is 0 Å². The Bertz CT molecular complexity index is 386. The second-order valence-electron chi connectivity index (χ2n) is 2.62. The number of carbonyl (C=O) groups excluding carboxylic acids is 1. The van der Waals surface area contributed by atoms with Crippen LogP contribution in [-0.4, -0.2) is 38.2 Å². The van der Waals surface area contributed by atoms with E-state index in [9.17, 15) is 13.2 Å². The molecule has 15 heavy (non-hydrogen) atoms. The minimum absolute atomic E-state index is 0.629. The minimum Gasteiger partial charge on any atom is -0.467 e. The lowest BCUT2D eigenvalue weighted by molar-refractivity contribution is -0.156. The first-order valence-corrected chi connectivity index (χ1v) is 4.89. The van der Waals surface area contributed by atoms with Gasteiger partial charge in [-0.2, -0.15) is 8.42 Å². The van der Waals surface area contributed by atoms with Crippen molar-refractivity contribution in [3.63, 3.8) is 0 Å². The van der Waals surface area contributed by atoms with Crippen molar-refractivity contribution in [3.05, 3.63) is 10.4 Å². The summed E-state index contributed by atoms with van der Waals surface area (Å²) in [6.07, 6.45) is 0. The molecule has 0 spiro atoms. The van der Waals surface area contributed by atoms with Crippen LogP contribution in [0.3, 0.4) is 0 Å². The number of ether oxygens (including phenoxy) is 1. The molecule has 1 N–H and O–H groups in total. The molecule has 0 fully saturated rings. The number of carbonyl (C=O) groups is 1. The van der Waals surface area contributed by atoms with Gasteiger partial charge in [-0.1, -0.05) is 5.11 Å². The molecule has 0 aliphatic rings. The van der Waals surface area contributed by atoms with E-state index >= 15 is 0 Å². The van der Waals surface area contributed by atoms with E-state index in [0.717, 1.165) is 14.0 Å². The van der Waals surface area contributed by atoms with Crippen LogP contribution in [0.25, 0.3) is 10.4 Å². The normalized spacial score (nSPS) is 14.9. The summed E-state index contributed by atoms with van der Waals surface area (Å²) >= 11 is 0. The summed E-state index contributed by atoms with van der Waals surface area (Å²) in [6, 6.07) is 0. The van der Waals surface area contributed by atoms with Gasteiger partial charge in [0, 0.05) is 4.91 Å². The molecule has 0 heterocycles. The third-order valence-electron chi connectivity index (χ3n) is 1.34. The van der Waals surface area contributed by atoms with Crippen LogP contribution in [0.15, 0.2) is 5.11 Å². The van der Waals surface area contributed by atoms with E-state index in [0.29, 0.717) is 0 Å². The molecule has 86 valence electrons. The lowest BCUT2D eigenvalue weighted by Gasteiger charge is -2.22. The van der Waals surface area contributed by atoms with Crippen LogP contribution in [-0.2, 0) is 24.1 Å². The zero-order valence-electron chi connectivity index (χ0n) is 7.95. The maximum absolute atomic E-state index is 11.1. The Morgan fingerprint density at radius 3 is 2.53 bits per heavy atom. The topological polar surface area (TPSA) is 139 Å². The van der Waals surface area contributed by atoms with Crippen LogP contribution in [0.1, 0.15) is 6.92 Å². The van der Waals surface area contributed by atoms with Crippen molar-refractivity contribution in [2.45, 2.75) is 12.5 Å². The van der Waals surface area contributed by atoms with Gasteiger partial charge in [-0.3, -0.25) is 4.55 Å². The van der Waals surface area contributed by atoms with Crippen LogP contribution in [0.4, 0.5) is 0 Å². The number of hydrogen-bond acceptors (Lipinski definition) is 6. The van der Waals surface area contributed by atoms with Gasteiger partial charge in [0.05, 0.1) is 13.7 Å². The zero-order valence-corrected chi connectivity index (χ0v) is 8.76. The fraction of sp³-hybridized carbons (Fsp3) is 0.800. The predicted molar refractivity (Wildman–Crippen MR) is 47.1 cm³/mol. The minimum atomic E-state index is -4.85. The van der Waals surface area contributed by atoms with Gasteiger partial charge in [0.1, 0.15) is 0 Å². The fourth-order valence-electron chi connectivity index (χ4n) is 0.740. The average Bonchev–Trinajstić information content (AvgIpc) is 2.10. The standard InChI is InChI=1S/C5H9N3O6S/c1-5(3-7-8-6,4(9)13-2)14-15(10,11)12/h3H2,1-2H3,(H,10,11,12)/t5-/m0/s1. The molecular weight excluding hydrogens is 230 g/mol. The largest absolute Gasteiger partial charge is 0.467 e. The van der Waals surface area contributed by atoms with E-state index in [-0.39, 0.29) is 0 Å². The Kier molecular flexibility index (Phi) is 4.49. The molecule has 9 nitrogen and oxygen atoms in total. The molecule has 0 rings (SSSR count). The van der Waals surface area contributed by atoms with Crippen molar-refractivity contribution in [2.24, 2.45) is 5.11 Å². The van der Waals surface area contributed by atoms with Gasteiger partial charge >= 0.3 is 16.4 Å². The average molecular weight is 239 g/mol. The van der Waals surface area contributed by atoms with Gasteiger partial charge in [-0.05, 0) is 12.5 Å². The van der Waals surface area contributed by atoms with Crippen molar-refractivity contribution in [1.29, 1.82) is 0 Å². The maximum atomic E-state index is 11.1. The number of esters is 1. The van der Waals surface area contributed by atoms with Gasteiger partial charge in [-0.25, -0.2) is 8.98 Å². The molecule has 0 aliphatic heterocycles. The summed E-state index contributed by atoms with van der Waals surface area (Å²) in [5.41, 5.74) is 5.95. The van der Waals surface area contributed by atoms with Crippen molar-refractivity contribution >= 4 is 16.4 Å². The van der Waals surface area contributed by atoms with Gasteiger partial charge in [-0.15, -0.1) is 0 Å². The van der Waals surface area contributed by atoms with Gasteiger partial charge < -0.3 is 4.74 Å². The first-order valence-electron chi connectivity index (χ1n) is 3.52. The highest BCUT2D eigenvalue weighted by Crippen LogP contribution is 2.16. The van der Waals surface area contributed by atoms with Gasteiger partial charge in [0.15, 0.2) is 5.60 Å². The van der Waals surface area contributed by atoms with E-state index in [1.807, 2.05) is 0 Å². The van der Waals surface area contributed by atoms with Crippen molar-refractivity contribution in [1.82, 2.24) is 0 Å². The van der Waals surface area contributed by atoms with Crippen LogP contribution >= 0.6 is 0 Å². The maximum Gasteiger partial charge on any atom is 0.398 e. The molecule has 0 unspecified atom stereocenters. The molecule has 0 aromatic rings. The molecule has 0 aliphatic carbocycles. The third-order valence-corrected chi connectivity index (χ3v) is 1.92. The monoisotopic (exact) mass is 239 g/mol. The van der Waals surface area contributed by atoms with Crippen molar-refractivity contribution < 1.29 is 26.7 Å². The Balaban J connectivity index is 5.01. The number of rotatable bonds is 5. The SMILES string of the molecule is COC(=O)[C@](C)(CN=[N+]=[N-])OS(=O)(=O)O. The van der Waals surface area contributed by atoms with Crippen LogP contribution in [0.5, 0.6) is 0 Å². The summed E-state index contributed by atoms with van der Waals surface area (Å²) in [7, 11) is -3.86. The molecular formula is C5H9N3O6S. The van der Waals surface area contributed by atoms with E-state index in [1.165, 1.54) is 0 Å². The third kappa shape index (κ3) is 4.61. The fourth-order valence-corrected chi connectivity index (χ4v) is 1.33. The first-order chi connectivity index (χ1) is 6.75. The summed E-state index contributed by atoms with van der Waals surface area (Å²) in [5.74, 6) is -1.09. The second-order valence-corrected chi connectivity index (χ2v) is 3.64. The number of hydrogen-bond donors (Lipinski definition) is 1. The Labute approximate surface area is 85.6 Å². The van der Waals surface area contributed by atoms with E-state index in [4.69, 9.17) is 10.1 Å². The molecule has 0 bridgehead atoms. The number of methoxy groups -OCH3 is 1. The van der Waals surface area contributed by atoms with Gasteiger partial charge in [0.2, 0.25) is 0 Å². The number of azide groups is 1. The quantitative estimate of drug-likeness (QED) is 0.236. The molecule has 0 saturated carbocycles. The highest BCUT2D eigenvalue weighted by atomic mass is 32.3. The van der Waals surface area contributed by atoms with Gasteiger partial charge in [0.25, 0.3) is 0 Å². The Morgan fingerprint density at radius 2 is 2.20 bits per heavy atom. The Hall–Kier alpha value is -1.35. The lowest BCUT2D eigenvalue weighted by Crippen LogP contribution is -2.43. The summed E-state index contributed by atoms with van der Waals surface area (Å²) in [5, 5.41) is 2.98.